The summed E-state index contributed by atoms with van der Waals surface area (Å²) < 4.78 is 17.4. The number of methoxy groups -OCH3 is 1. The van der Waals surface area contributed by atoms with Crippen LogP contribution in [0.15, 0.2) is 69.9 Å². The van der Waals surface area contributed by atoms with Crippen molar-refractivity contribution in [2.45, 2.75) is 52.5 Å². The van der Waals surface area contributed by atoms with E-state index < -0.39 is 6.04 Å². The third-order valence-corrected chi connectivity index (χ3v) is 7.41. The van der Waals surface area contributed by atoms with Crippen molar-refractivity contribution in [2.75, 3.05) is 20.3 Å². The number of rotatable bonds is 10. The van der Waals surface area contributed by atoms with E-state index in [0.29, 0.717) is 36.1 Å². The molecule has 1 aromatic heterocycles. The number of carbonyl (C=O) groups excluding carboxylic acids is 1. The van der Waals surface area contributed by atoms with Gasteiger partial charge < -0.3 is 18.8 Å². The maximum absolute atomic E-state index is 13.9. The first-order valence-electron chi connectivity index (χ1n) is 13.7. The zero-order valence-electron chi connectivity index (χ0n) is 23.1. The molecule has 1 unspecified atom stereocenters. The van der Waals surface area contributed by atoms with Gasteiger partial charge in [-0.15, -0.1) is 0 Å². The van der Waals surface area contributed by atoms with Crippen molar-refractivity contribution in [3.8, 4) is 11.5 Å². The lowest BCUT2D eigenvalue weighted by Crippen LogP contribution is -2.31. The number of benzene rings is 3. The second kappa shape index (κ2) is 11.4. The monoisotopic (exact) mass is 525 g/mol. The van der Waals surface area contributed by atoms with Crippen LogP contribution in [0.5, 0.6) is 11.5 Å². The van der Waals surface area contributed by atoms with Gasteiger partial charge in [-0.3, -0.25) is 9.59 Å². The molecule has 6 heteroatoms. The first-order chi connectivity index (χ1) is 18.9. The van der Waals surface area contributed by atoms with Gasteiger partial charge in [0.2, 0.25) is 5.76 Å². The lowest BCUT2D eigenvalue weighted by atomic mass is 9.97. The summed E-state index contributed by atoms with van der Waals surface area (Å²) in [5.41, 5.74) is 4.49. The molecule has 1 aliphatic rings. The number of aryl methyl sites for hydroxylation is 2. The van der Waals surface area contributed by atoms with E-state index in [-0.39, 0.29) is 17.1 Å². The standard InChI is InChI=1S/C33H35NO5/c1-5-6-7-18-38-26-14-10-24(11-15-26)29-28-30(35)27-20-21(2)19-22(3)31(27)39-32(28)33(36)34(29)17-16-23-8-12-25(37-4)13-9-23/h8-15,19-20,29H,5-7,16-18H2,1-4H3. The Bertz CT molecular complexity index is 1540. The highest BCUT2D eigenvalue weighted by atomic mass is 16.5. The highest BCUT2D eigenvalue weighted by molar-refractivity contribution is 5.99. The van der Waals surface area contributed by atoms with Crippen LogP contribution in [0.3, 0.4) is 0 Å². The van der Waals surface area contributed by atoms with Gasteiger partial charge in [-0.25, -0.2) is 0 Å². The summed E-state index contributed by atoms with van der Waals surface area (Å²) >= 11 is 0. The Morgan fingerprint density at radius 2 is 1.64 bits per heavy atom. The van der Waals surface area contributed by atoms with Crippen LogP contribution in [0.1, 0.15) is 70.6 Å². The average Bonchev–Trinajstić information content (AvgIpc) is 3.22. The Morgan fingerprint density at radius 3 is 2.33 bits per heavy atom. The second-order valence-corrected chi connectivity index (χ2v) is 10.3. The van der Waals surface area contributed by atoms with E-state index in [1.54, 1.807) is 12.0 Å². The highest BCUT2D eigenvalue weighted by Crippen LogP contribution is 2.39. The molecule has 0 N–H and O–H groups in total. The van der Waals surface area contributed by atoms with Crippen LogP contribution < -0.4 is 14.9 Å². The normalized spacial score (nSPS) is 14.6. The number of unbranched alkanes of at least 4 members (excludes halogenated alkanes) is 2. The minimum atomic E-state index is -0.540. The molecule has 6 nitrogen and oxygen atoms in total. The number of nitrogens with zero attached hydrogens (tertiary/aromatic N) is 1. The third-order valence-electron chi connectivity index (χ3n) is 7.41. The van der Waals surface area contributed by atoms with Crippen molar-refractivity contribution < 1.29 is 18.7 Å². The van der Waals surface area contributed by atoms with E-state index in [0.717, 1.165) is 53.0 Å². The Morgan fingerprint density at radius 1 is 0.923 bits per heavy atom. The van der Waals surface area contributed by atoms with Crippen molar-refractivity contribution in [3.05, 3.63) is 104 Å². The maximum atomic E-state index is 13.9. The van der Waals surface area contributed by atoms with E-state index in [1.807, 2.05) is 74.5 Å². The Labute approximate surface area is 229 Å². The van der Waals surface area contributed by atoms with Gasteiger partial charge in [0.1, 0.15) is 17.1 Å². The molecular weight excluding hydrogens is 490 g/mol. The number of ether oxygens (including phenoxy) is 2. The molecule has 1 aliphatic heterocycles. The molecule has 202 valence electrons. The van der Waals surface area contributed by atoms with E-state index in [1.165, 1.54) is 0 Å². The predicted molar refractivity (Wildman–Crippen MR) is 153 cm³/mol. The van der Waals surface area contributed by atoms with Crippen molar-refractivity contribution in [3.63, 3.8) is 0 Å². The minimum Gasteiger partial charge on any atom is -0.497 e. The largest absolute Gasteiger partial charge is 0.497 e. The summed E-state index contributed by atoms with van der Waals surface area (Å²) in [6.07, 6.45) is 3.91. The number of hydrogen-bond donors (Lipinski definition) is 0. The molecule has 0 spiro atoms. The van der Waals surface area contributed by atoms with Crippen LogP contribution in [0, 0.1) is 13.8 Å². The summed E-state index contributed by atoms with van der Waals surface area (Å²) in [6.45, 7) is 7.13. The lowest BCUT2D eigenvalue weighted by Gasteiger charge is -2.25. The predicted octanol–water partition coefficient (Wildman–Crippen LogP) is 6.78. The van der Waals surface area contributed by atoms with E-state index in [9.17, 15) is 9.59 Å². The third kappa shape index (κ3) is 5.29. The first-order valence-corrected chi connectivity index (χ1v) is 13.7. The summed E-state index contributed by atoms with van der Waals surface area (Å²) in [5.74, 6) is 1.44. The molecule has 39 heavy (non-hydrogen) atoms. The summed E-state index contributed by atoms with van der Waals surface area (Å²) in [6, 6.07) is 18.8. The van der Waals surface area contributed by atoms with Crippen molar-refractivity contribution in [1.82, 2.24) is 4.90 Å². The second-order valence-electron chi connectivity index (χ2n) is 10.3. The minimum absolute atomic E-state index is 0.138. The van der Waals surface area contributed by atoms with Crippen LogP contribution >= 0.6 is 0 Å². The van der Waals surface area contributed by atoms with Gasteiger partial charge in [0, 0.05) is 6.54 Å². The molecule has 1 atom stereocenters. The SMILES string of the molecule is CCCCCOc1ccc(C2c3c(oc4c(C)cc(C)cc4c3=O)C(=O)N2CCc2ccc(OC)cc2)cc1. The molecule has 0 fully saturated rings. The summed E-state index contributed by atoms with van der Waals surface area (Å²) in [7, 11) is 1.64. The van der Waals surface area contributed by atoms with Gasteiger partial charge in [0.25, 0.3) is 5.91 Å². The fourth-order valence-electron chi connectivity index (χ4n) is 5.38. The maximum Gasteiger partial charge on any atom is 0.290 e. The van der Waals surface area contributed by atoms with Crippen molar-refractivity contribution in [2.24, 2.45) is 0 Å². The molecule has 0 bridgehead atoms. The van der Waals surface area contributed by atoms with Gasteiger partial charge in [-0.1, -0.05) is 50.1 Å². The topological polar surface area (TPSA) is 69.0 Å². The summed E-state index contributed by atoms with van der Waals surface area (Å²) in [5, 5.41) is 0.511. The van der Waals surface area contributed by atoms with Crippen LogP contribution in [0.4, 0.5) is 0 Å². The molecule has 0 aliphatic carbocycles. The molecule has 0 saturated carbocycles. The molecule has 3 aromatic carbocycles. The summed E-state index contributed by atoms with van der Waals surface area (Å²) in [4.78, 5) is 29.5. The molecular formula is C33H35NO5. The van der Waals surface area contributed by atoms with E-state index >= 15 is 0 Å². The lowest BCUT2D eigenvalue weighted by molar-refractivity contribution is 0.0730. The number of hydrogen-bond acceptors (Lipinski definition) is 5. The zero-order chi connectivity index (χ0) is 27.5. The van der Waals surface area contributed by atoms with Crippen LogP contribution in [-0.2, 0) is 6.42 Å². The molecule has 1 amide bonds. The molecule has 2 heterocycles. The quantitative estimate of drug-likeness (QED) is 0.214. The van der Waals surface area contributed by atoms with Gasteiger partial charge >= 0.3 is 0 Å². The highest BCUT2D eigenvalue weighted by Gasteiger charge is 2.42. The fourth-order valence-corrected chi connectivity index (χ4v) is 5.38. The van der Waals surface area contributed by atoms with E-state index in [2.05, 4.69) is 6.92 Å². The van der Waals surface area contributed by atoms with Crippen LogP contribution in [0.25, 0.3) is 11.0 Å². The molecule has 0 saturated heterocycles. The Kier molecular flexibility index (Phi) is 7.73. The van der Waals surface area contributed by atoms with Crippen LogP contribution in [0.2, 0.25) is 0 Å². The smallest absolute Gasteiger partial charge is 0.290 e. The number of fused-ring (bicyclic) bond motifs is 2. The van der Waals surface area contributed by atoms with Crippen molar-refractivity contribution in [1.29, 1.82) is 0 Å². The van der Waals surface area contributed by atoms with Gasteiger partial charge in [-0.2, -0.15) is 0 Å². The number of amides is 1. The van der Waals surface area contributed by atoms with Gasteiger partial charge in [-0.05, 0) is 79.3 Å². The molecule has 4 aromatic rings. The van der Waals surface area contributed by atoms with Gasteiger partial charge in [0.05, 0.1) is 30.7 Å². The molecule has 5 rings (SSSR count). The Hall–Kier alpha value is -4.06. The fraction of sp³-hybridized carbons (Fsp3) is 0.333. The average molecular weight is 526 g/mol. The van der Waals surface area contributed by atoms with E-state index in [4.69, 9.17) is 13.9 Å². The molecule has 0 radical (unpaired) electrons. The number of carbonyl (C=O) groups is 1. The zero-order valence-corrected chi connectivity index (χ0v) is 23.1. The van der Waals surface area contributed by atoms with Crippen LogP contribution in [-0.4, -0.2) is 31.1 Å². The first kappa shape index (κ1) is 26.5. The Balaban J connectivity index is 1.53. The van der Waals surface area contributed by atoms with Gasteiger partial charge in [0.15, 0.2) is 5.43 Å². The van der Waals surface area contributed by atoms with Crippen molar-refractivity contribution >= 4 is 16.9 Å².